The maximum atomic E-state index is 13.4. The first-order valence-electron chi connectivity index (χ1n) is 11.8. The second-order valence-electron chi connectivity index (χ2n) is 8.93. The van der Waals surface area contributed by atoms with Crippen molar-refractivity contribution >= 4 is 39.2 Å². The lowest BCUT2D eigenvalue weighted by Gasteiger charge is -2.19. The Morgan fingerprint density at radius 3 is 2.79 bits per heavy atom. The van der Waals surface area contributed by atoms with Crippen LogP contribution in [0.25, 0.3) is 10.2 Å². The number of benzene rings is 1. The second-order valence-corrected chi connectivity index (χ2v) is 11.0. The van der Waals surface area contributed by atoms with E-state index in [1.54, 1.807) is 29.1 Å². The van der Waals surface area contributed by atoms with Gasteiger partial charge in [-0.05, 0) is 67.7 Å². The molecule has 0 radical (unpaired) electrons. The summed E-state index contributed by atoms with van der Waals surface area (Å²) in [6, 6.07) is 7.89. The second kappa shape index (κ2) is 9.96. The molecule has 1 fully saturated rings. The normalized spacial score (nSPS) is 16.1. The van der Waals surface area contributed by atoms with E-state index in [2.05, 4.69) is 11.9 Å². The highest BCUT2D eigenvalue weighted by Gasteiger charge is 2.33. The lowest BCUT2D eigenvalue weighted by molar-refractivity contribution is -0.119. The number of ether oxygens (including phenoxy) is 1. The van der Waals surface area contributed by atoms with Gasteiger partial charge in [0, 0.05) is 11.4 Å². The highest BCUT2D eigenvalue weighted by molar-refractivity contribution is 7.99. The van der Waals surface area contributed by atoms with E-state index in [4.69, 9.17) is 9.72 Å². The van der Waals surface area contributed by atoms with Crippen molar-refractivity contribution in [2.75, 3.05) is 12.9 Å². The number of nitrogens with zero attached hydrogens (tertiary/aromatic N) is 2. The summed E-state index contributed by atoms with van der Waals surface area (Å²) in [5, 5.41) is 4.56. The molecule has 0 bridgehead atoms. The van der Waals surface area contributed by atoms with E-state index in [-0.39, 0.29) is 23.3 Å². The number of nitrogens with one attached hydrogen (secondary N) is 1. The van der Waals surface area contributed by atoms with Crippen molar-refractivity contribution in [1.29, 1.82) is 0 Å². The number of fused-ring (bicyclic) bond motifs is 3. The molecule has 3 aromatic rings. The molecule has 8 heteroatoms. The van der Waals surface area contributed by atoms with Crippen LogP contribution in [-0.4, -0.2) is 28.3 Å². The van der Waals surface area contributed by atoms with Crippen LogP contribution in [0.5, 0.6) is 5.75 Å². The Morgan fingerprint density at radius 1 is 1.32 bits per heavy atom. The number of hydrogen-bond donors (Lipinski definition) is 1. The first-order valence-corrected chi connectivity index (χ1v) is 13.6. The standard InChI is InChI=1S/C26H29N3O3S2/c1-3-14-29-25(31)22-19-6-4-5-7-20(19)34-24(22)28-26(29)33-15-21(30)27-23(16-8-9-16)17-10-12-18(32-2)13-11-17/h3,10-13,16,23H,1,4-9,14-15H2,2H3,(H,27,30). The van der Waals surface area contributed by atoms with Gasteiger partial charge in [-0.25, -0.2) is 4.98 Å². The Morgan fingerprint density at radius 2 is 2.09 bits per heavy atom. The molecule has 1 saturated carbocycles. The van der Waals surface area contributed by atoms with Gasteiger partial charge >= 0.3 is 0 Å². The Labute approximate surface area is 207 Å². The maximum absolute atomic E-state index is 13.4. The molecule has 34 heavy (non-hydrogen) atoms. The van der Waals surface area contributed by atoms with Crippen molar-refractivity contribution in [2.24, 2.45) is 5.92 Å². The number of carbonyl (C=O) groups is 1. The Balaban J connectivity index is 1.35. The van der Waals surface area contributed by atoms with Crippen molar-refractivity contribution in [3.8, 4) is 5.75 Å². The smallest absolute Gasteiger partial charge is 0.263 e. The van der Waals surface area contributed by atoms with E-state index >= 15 is 0 Å². The SMILES string of the molecule is C=CCn1c(SCC(=O)NC(c2ccc(OC)cc2)C2CC2)nc2sc3c(c2c1=O)CCCC3. The maximum Gasteiger partial charge on any atom is 0.263 e. The summed E-state index contributed by atoms with van der Waals surface area (Å²) >= 11 is 2.96. The van der Waals surface area contributed by atoms with Gasteiger partial charge in [0.25, 0.3) is 5.56 Å². The van der Waals surface area contributed by atoms with Crippen LogP contribution in [-0.2, 0) is 24.2 Å². The number of methoxy groups -OCH3 is 1. The number of thiophene rings is 1. The highest BCUT2D eigenvalue weighted by atomic mass is 32.2. The fraction of sp³-hybridized carbons (Fsp3) is 0.423. The molecule has 0 spiro atoms. The third-order valence-corrected chi connectivity index (χ3v) is 8.73. The fourth-order valence-electron chi connectivity index (χ4n) is 4.68. The molecule has 1 unspecified atom stereocenters. The van der Waals surface area contributed by atoms with Gasteiger partial charge < -0.3 is 10.1 Å². The van der Waals surface area contributed by atoms with E-state index in [9.17, 15) is 9.59 Å². The molecule has 6 nitrogen and oxygen atoms in total. The molecule has 5 rings (SSSR count). The molecular formula is C26H29N3O3S2. The van der Waals surface area contributed by atoms with Crippen molar-refractivity contribution in [3.05, 3.63) is 63.3 Å². The van der Waals surface area contributed by atoms with Crippen LogP contribution >= 0.6 is 23.1 Å². The minimum absolute atomic E-state index is 0.00571. The van der Waals surface area contributed by atoms with E-state index in [0.29, 0.717) is 17.6 Å². The fourth-order valence-corrected chi connectivity index (χ4v) is 6.80. The van der Waals surface area contributed by atoms with Gasteiger partial charge in [0.1, 0.15) is 10.6 Å². The number of rotatable bonds is 9. The molecule has 2 heterocycles. The van der Waals surface area contributed by atoms with E-state index in [1.807, 2.05) is 24.3 Å². The van der Waals surface area contributed by atoms with Gasteiger partial charge in [0.05, 0.1) is 24.3 Å². The zero-order chi connectivity index (χ0) is 23.7. The first-order chi connectivity index (χ1) is 16.6. The van der Waals surface area contributed by atoms with Gasteiger partial charge in [-0.15, -0.1) is 17.9 Å². The Hall–Kier alpha value is -2.58. The average Bonchev–Trinajstić information content (AvgIpc) is 3.63. The van der Waals surface area contributed by atoms with Crippen LogP contribution in [0.2, 0.25) is 0 Å². The van der Waals surface area contributed by atoms with Crippen LogP contribution in [0.3, 0.4) is 0 Å². The van der Waals surface area contributed by atoms with Crippen molar-refractivity contribution in [1.82, 2.24) is 14.9 Å². The zero-order valence-electron chi connectivity index (χ0n) is 19.3. The summed E-state index contributed by atoms with van der Waals surface area (Å²) < 4.78 is 6.92. The third kappa shape index (κ3) is 4.66. The van der Waals surface area contributed by atoms with Gasteiger partial charge in [0.2, 0.25) is 5.91 Å². The van der Waals surface area contributed by atoms with Crippen molar-refractivity contribution in [3.63, 3.8) is 0 Å². The molecule has 0 saturated heterocycles. The summed E-state index contributed by atoms with van der Waals surface area (Å²) in [6.45, 7) is 4.20. The predicted molar refractivity (Wildman–Crippen MR) is 138 cm³/mol. The highest BCUT2D eigenvalue weighted by Crippen LogP contribution is 2.41. The monoisotopic (exact) mass is 495 g/mol. The van der Waals surface area contributed by atoms with Crippen molar-refractivity contribution in [2.45, 2.75) is 56.3 Å². The molecule has 178 valence electrons. The number of amides is 1. The van der Waals surface area contributed by atoms with Gasteiger partial charge in [-0.1, -0.05) is 30.0 Å². The predicted octanol–water partition coefficient (Wildman–Crippen LogP) is 4.89. The lowest BCUT2D eigenvalue weighted by Crippen LogP contribution is -2.31. The minimum atomic E-state index is -0.0531. The molecule has 2 aromatic heterocycles. The number of carbonyl (C=O) groups excluding carboxylic acids is 1. The molecular weight excluding hydrogens is 466 g/mol. The summed E-state index contributed by atoms with van der Waals surface area (Å²) in [5.74, 6) is 1.42. The number of aromatic nitrogens is 2. The summed E-state index contributed by atoms with van der Waals surface area (Å²) in [4.78, 5) is 33.3. The molecule has 0 aliphatic heterocycles. The van der Waals surface area contributed by atoms with Gasteiger partial charge in [-0.2, -0.15) is 0 Å². The molecule has 1 atom stereocenters. The molecule has 2 aliphatic carbocycles. The van der Waals surface area contributed by atoms with Crippen LogP contribution in [0.4, 0.5) is 0 Å². The van der Waals surface area contributed by atoms with Crippen LogP contribution in [0.15, 0.2) is 46.9 Å². The van der Waals surface area contributed by atoms with Crippen molar-refractivity contribution < 1.29 is 9.53 Å². The van der Waals surface area contributed by atoms with E-state index in [1.165, 1.54) is 28.6 Å². The number of aryl methyl sites for hydroxylation is 2. The molecule has 1 aromatic carbocycles. The van der Waals surface area contributed by atoms with Gasteiger partial charge in [-0.3, -0.25) is 14.2 Å². The summed E-state index contributed by atoms with van der Waals surface area (Å²) in [6.07, 6.45) is 8.20. The van der Waals surface area contributed by atoms with E-state index in [0.717, 1.165) is 53.6 Å². The van der Waals surface area contributed by atoms with Crippen LogP contribution in [0, 0.1) is 5.92 Å². The Kier molecular flexibility index (Phi) is 6.79. The quantitative estimate of drug-likeness (QED) is 0.260. The van der Waals surface area contributed by atoms with E-state index < -0.39 is 0 Å². The van der Waals surface area contributed by atoms with Crippen LogP contribution < -0.4 is 15.6 Å². The molecule has 1 amide bonds. The Bertz CT molecular complexity index is 1280. The molecule has 2 aliphatic rings. The summed E-state index contributed by atoms with van der Waals surface area (Å²) in [5.41, 5.74) is 2.26. The number of thioether (sulfide) groups is 1. The first kappa shape index (κ1) is 23.2. The van der Waals surface area contributed by atoms with Crippen LogP contribution in [0.1, 0.15) is 47.7 Å². The number of allylic oxidation sites excluding steroid dienone is 1. The third-order valence-electron chi connectivity index (χ3n) is 6.57. The minimum Gasteiger partial charge on any atom is -0.497 e. The topological polar surface area (TPSA) is 73.2 Å². The van der Waals surface area contributed by atoms with Gasteiger partial charge in [0.15, 0.2) is 5.16 Å². The largest absolute Gasteiger partial charge is 0.497 e. The molecule has 1 N–H and O–H groups in total. The average molecular weight is 496 g/mol. The lowest BCUT2D eigenvalue weighted by atomic mass is 9.97. The number of hydrogen-bond acceptors (Lipinski definition) is 6. The summed E-state index contributed by atoms with van der Waals surface area (Å²) in [7, 11) is 1.65. The zero-order valence-corrected chi connectivity index (χ0v) is 21.0.